The van der Waals surface area contributed by atoms with Crippen molar-refractivity contribution >= 4 is 46.4 Å². The number of hydrogen-bond donors (Lipinski definition) is 2. The lowest BCUT2D eigenvalue weighted by Gasteiger charge is -2.08. The summed E-state index contributed by atoms with van der Waals surface area (Å²) in [5.74, 6) is -2.24. The number of hydrogen-bond acceptors (Lipinski definition) is 2. The molecule has 2 aromatic carbocycles. The first-order valence-corrected chi connectivity index (χ1v) is 8.15. The van der Waals surface area contributed by atoms with Crippen molar-refractivity contribution in [1.82, 2.24) is 10.6 Å². The highest BCUT2D eigenvalue weighted by Gasteiger charge is 2.41. The fraction of sp³-hybridized carbons (Fsp3) is 0. The van der Waals surface area contributed by atoms with Crippen molar-refractivity contribution in [3.05, 3.63) is 80.4 Å². The van der Waals surface area contributed by atoms with Crippen LogP contribution in [0.15, 0.2) is 47.5 Å². The molecule has 2 aromatic rings. The molecular formula is C18H8Cl2F2N2O2. The van der Waals surface area contributed by atoms with Gasteiger partial charge in [0.05, 0.1) is 32.6 Å². The number of fused-ring (bicyclic) bond motifs is 1. The maximum absolute atomic E-state index is 13.4. The average Bonchev–Trinajstić information content (AvgIpc) is 3.12. The molecule has 2 aliphatic heterocycles. The Morgan fingerprint density at radius 2 is 1.08 bits per heavy atom. The van der Waals surface area contributed by atoms with Gasteiger partial charge in [-0.15, -0.1) is 0 Å². The van der Waals surface area contributed by atoms with Crippen molar-refractivity contribution in [1.29, 1.82) is 0 Å². The highest BCUT2D eigenvalue weighted by molar-refractivity contribution is 6.33. The van der Waals surface area contributed by atoms with Crippen LogP contribution in [0.1, 0.15) is 11.1 Å². The molecule has 0 aromatic heterocycles. The molecule has 8 heteroatoms. The van der Waals surface area contributed by atoms with Crippen LogP contribution in [0.5, 0.6) is 0 Å². The van der Waals surface area contributed by atoms with E-state index in [0.717, 1.165) is 12.1 Å². The first-order chi connectivity index (χ1) is 12.4. The Morgan fingerprint density at radius 1 is 0.692 bits per heavy atom. The fourth-order valence-electron chi connectivity index (χ4n) is 2.92. The molecule has 0 radical (unpaired) electrons. The van der Waals surface area contributed by atoms with Gasteiger partial charge < -0.3 is 10.6 Å². The van der Waals surface area contributed by atoms with E-state index in [1.54, 1.807) is 0 Å². The largest absolute Gasteiger partial charge is 0.321 e. The number of carbonyl (C=O) groups excluding carboxylic acids is 2. The van der Waals surface area contributed by atoms with Gasteiger partial charge >= 0.3 is 0 Å². The summed E-state index contributed by atoms with van der Waals surface area (Å²) in [6.07, 6.45) is 0. The molecule has 0 aliphatic carbocycles. The average molecular weight is 393 g/mol. The predicted molar refractivity (Wildman–Crippen MR) is 92.9 cm³/mol. The molecule has 0 fully saturated rings. The predicted octanol–water partition coefficient (Wildman–Crippen LogP) is 3.65. The van der Waals surface area contributed by atoms with Crippen LogP contribution >= 0.6 is 23.2 Å². The van der Waals surface area contributed by atoms with Crippen molar-refractivity contribution in [2.75, 3.05) is 0 Å². The molecule has 4 rings (SSSR count). The van der Waals surface area contributed by atoms with Crippen molar-refractivity contribution in [3.63, 3.8) is 0 Å². The summed E-state index contributed by atoms with van der Waals surface area (Å²) in [6.45, 7) is 0. The van der Waals surface area contributed by atoms with E-state index in [9.17, 15) is 18.4 Å². The third-order valence-corrected chi connectivity index (χ3v) is 4.68. The van der Waals surface area contributed by atoms with Crippen LogP contribution in [0.4, 0.5) is 8.78 Å². The SMILES string of the molecule is O=C1NC(c2ccc(F)c(Cl)c2)=C2C(=O)NC(c3ccc(F)c(Cl)c3)=C12. The summed E-state index contributed by atoms with van der Waals surface area (Å²) in [6, 6.07) is 7.75. The zero-order valence-corrected chi connectivity index (χ0v) is 14.3. The maximum Gasteiger partial charge on any atom is 0.258 e. The van der Waals surface area contributed by atoms with Gasteiger partial charge in [0.25, 0.3) is 11.8 Å². The molecule has 2 amide bonds. The Kier molecular flexibility index (Phi) is 3.82. The molecule has 0 spiro atoms. The first kappa shape index (κ1) is 16.8. The lowest BCUT2D eigenvalue weighted by atomic mass is 10.0. The second-order valence-corrected chi connectivity index (χ2v) is 6.48. The Balaban J connectivity index is 1.90. The second-order valence-electron chi connectivity index (χ2n) is 5.67. The minimum absolute atomic E-state index is 0.119. The summed E-state index contributed by atoms with van der Waals surface area (Å²) in [5.41, 5.74) is 1.48. The van der Waals surface area contributed by atoms with Gasteiger partial charge in [0.15, 0.2) is 0 Å². The standard InChI is InChI=1S/C18H8Cl2F2N2O2/c19-9-5-7(1-3-11(9)21)15-13-14(18(26)23-15)16(24-17(13)25)8-2-4-12(22)10(20)6-8/h1-6H,(H,23,26)(H,24,25). The topological polar surface area (TPSA) is 58.2 Å². The highest BCUT2D eigenvalue weighted by Crippen LogP contribution is 2.38. The number of amides is 2. The Bertz CT molecular complexity index is 991. The van der Waals surface area contributed by atoms with E-state index in [4.69, 9.17) is 23.2 Å². The minimum atomic E-state index is -0.612. The van der Waals surface area contributed by atoms with Gasteiger partial charge in [-0.3, -0.25) is 9.59 Å². The fourth-order valence-corrected chi connectivity index (χ4v) is 3.28. The van der Waals surface area contributed by atoms with Gasteiger partial charge in [-0.1, -0.05) is 23.2 Å². The molecule has 0 saturated carbocycles. The van der Waals surface area contributed by atoms with Gasteiger partial charge in [0.1, 0.15) is 11.6 Å². The zero-order chi connectivity index (χ0) is 18.6. The van der Waals surface area contributed by atoms with Crippen LogP contribution < -0.4 is 10.6 Å². The van der Waals surface area contributed by atoms with Crippen LogP contribution in [0, 0.1) is 11.6 Å². The molecular weight excluding hydrogens is 385 g/mol. The van der Waals surface area contributed by atoms with E-state index < -0.39 is 23.4 Å². The zero-order valence-electron chi connectivity index (χ0n) is 12.8. The van der Waals surface area contributed by atoms with E-state index in [-0.39, 0.29) is 32.6 Å². The van der Waals surface area contributed by atoms with Crippen LogP contribution in [0.25, 0.3) is 11.4 Å². The number of rotatable bonds is 2. The van der Waals surface area contributed by atoms with Crippen molar-refractivity contribution < 1.29 is 18.4 Å². The van der Waals surface area contributed by atoms with Crippen molar-refractivity contribution in [2.45, 2.75) is 0 Å². The third-order valence-electron chi connectivity index (χ3n) is 4.10. The highest BCUT2D eigenvalue weighted by atomic mass is 35.5. The van der Waals surface area contributed by atoms with Gasteiger partial charge in [-0.25, -0.2) is 8.78 Å². The van der Waals surface area contributed by atoms with E-state index in [1.807, 2.05) is 0 Å². The Morgan fingerprint density at radius 3 is 1.42 bits per heavy atom. The summed E-state index contributed by atoms with van der Waals surface area (Å²) in [4.78, 5) is 24.9. The van der Waals surface area contributed by atoms with E-state index in [0.29, 0.717) is 11.1 Å². The first-order valence-electron chi connectivity index (χ1n) is 7.39. The molecule has 26 heavy (non-hydrogen) atoms. The molecule has 2 aliphatic rings. The van der Waals surface area contributed by atoms with E-state index >= 15 is 0 Å². The maximum atomic E-state index is 13.4. The summed E-state index contributed by atoms with van der Waals surface area (Å²) in [5, 5.41) is 4.95. The van der Waals surface area contributed by atoms with E-state index in [2.05, 4.69) is 10.6 Å². The van der Waals surface area contributed by atoms with Gasteiger partial charge in [-0.2, -0.15) is 0 Å². The Hall–Kier alpha value is -2.70. The summed E-state index contributed by atoms with van der Waals surface area (Å²) in [7, 11) is 0. The Labute approximate surface area is 156 Å². The summed E-state index contributed by atoms with van der Waals surface area (Å²) >= 11 is 11.6. The molecule has 0 atom stereocenters. The molecule has 2 N–H and O–H groups in total. The van der Waals surface area contributed by atoms with Crippen LogP contribution in [0.2, 0.25) is 10.0 Å². The summed E-state index contributed by atoms with van der Waals surface area (Å²) < 4.78 is 26.8. The quantitative estimate of drug-likeness (QED) is 0.819. The molecule has 0 bridgehead atoms. The molecule has 4 nitrogen and oxygen atoms in total. The lowest BCUT2D eigenvalue weighted by molar-refractivity contribution is -0.117. The molecule has 130 valence electrons. The van der Waals surface area contributed by atoms with Crippen LogP contribution in [0.3, 0.4) is 0 Å². The monoisotopic (exact) mass is 392 g/mol. The number of halogens is 4. The number of nitrogens with one attached hydrogen (secondary N) is 2. The van der Waals surface area contributed by atoms with E-state index in [1.165, 1.54) is 24.3 Å². The normalized spacial score (nSPS) is 16.2. The molecule has 0 saturated heterocycles. The van der Waals surface area contributed by atoms with Gasteiger partial charge in [0.2, 0.25) is 0 Å². The second kappa shape index (κ2) is 5.93. The molecule has 2 heterocycles. The van der Waals surface area contributed by atoms with Gasteiger partial charge in [-0.05, 0) is 36.4 Å². The smallest absolute Gasteiger partial charge is 0.258 e. The van der Waals surface area contributed by atoms with Crippen LogP contribution in [-0.4, -0.2) is 11.8 Å². The molecule has 0 unspecified atom stereocenters. The lowest BCUT2D eigenvalue weighted by Crippen LogP contribution is -2.21. The third kappa shape index (κ3) is 2.50. The number of carbonyl (C=O) groups is 2. The van der Waals surface area contributed by atoms with Gasteiger partial charge in [0, 0.05) is 11.1 Å². The van der Waals surface area contributed by atoms with Crippen molar-refractivity contribution in [2.24, 2.45) is 0 Å². The van der Waals surface area contributed by atoms with Crippen LogP contribution in [-0.2, 0) is 9.59 Å². The number of benzene rings is 2. The minimum Gasteiger partial charge on any atom is -0.321 e. The van der Waals surface area contributed by atoms with Crippen molar-refractivity contribution in [3.8, 4) is 0 Å².